The molecule has 2 amide bonds. The normalized spacial score (nSPS) is 16.0. The Hall–Kier alpha value is -3.81. The molecule has 226 valence electrons. The van der Waals surface area contributed by atoms with Crippen LogP contribution in [0.4, 0.5) is 4.79 Å². The van der Waals surface area contributed by atoms with Gasteiger partial charge >= 0.3 is 6.09 Å². The first-order valence-electron chi connectivity index (χ1n) is 14.9. The summed E-state index contributed by atoms with van der Waals surface area (Å²) in [5, 5.41) is 2.89. The monoisotopic (exact) mass is 574 g/mol. The molecular weight excluding hydrogens is 528 g/mol. The molecular formula is C34H46N4O4. The maximum absolute atomic E-state index is 14.5. The van der Waals surface area contributed by atoms with E-state index in [4.69, 9.17) is 14.5 Å². The molecule has 0 radical (unpaired) electrons. The Balaban J connectivity index is 1.67. The smallest absolute Gasteiger partial charge is 0.408 e. The van der Waals surface area contributed by atoms with Crippen LogP contribution in [0.3, 0.4) is 0 Å². The summed E-state index contributed by atoms with van der Waals surface area (Å²) in [5.41, 5.74) is 4.23. The van der Waals surface area contributed by atoms with Gasteiger partial charge in [0.05, 0.1) is 11.7 Å². The van der Waals surface area contributed by atoms with Gasteiger partial charge in [-0.3, -0.25) is 4.79 Å². The number of fused-ring (bicyclic) bond motifs is 1. The molecule has 8 heteroatoms. The fraction of sp³-hybridized carbons (Fsp3) is 0.500. The zero-order valence-corrected chi connectivity index (χ0v) is 26.3. The number of amides is 2. The van der Waals surface area contributed by atoms with E-state index in [2.05, 4.69) is 29.4 Å². The number of carbonyl (C=O) groups excluding carboxylic acids is 2. The van der Waals surface area contributed by atoms with Crippen LogP contribution in [-0.2, 0) is 35.3 Å². The summed E-state index contributed by atoms with van der Waals surface area (Å²) < 4.78 is 11.5. The molecule has 2 aromatic carbocycles. The third-order valence-corrected chi connectivity index (χ3v) is 7.11. The Labute approximate surface area is 250 Å². The molecule has 8 nitrogen and oxygen atoms in total. The van der Waals surface area contributed by atoms with E-state index in [9.17, 15) is 9.59 Å². The van der Waals surface area contributed by atoms with Gasteiger partial charge in [-0.05, 0) is 83.7 Å². The maximum Gasteiger partial charge on any atom is 0.408 e. The molecule has 0 aliphatic carbocycles. The van der Waals surface area contributed by atoms with Crippen LogP contribution in [0.5, 0.6) is 5.75 Å². The quantitative estimate of drug-likeness (QED) is 0.316. The SMILES string of the molecule is CCCc1nc([C@@H]2Cc3ccccc3CN2C(=O)[C@H](Cc2ccc(OC(C)(C)C)cc2)NC(=O)OC(C)(C)C)[nH]c1C. The number of nitrogens with zero attached hydrogens (tertiary/aromatic N) is 2. The van der Waals surface area contributed by atoms with Crippen molar-refractivity contribution in [3.05, 3.63) is 82.4 Å². The van der Waals surface area contributed by atoms with Gasteiger partial charge in [0.25, 0.3) is 0 Å². The van der Waals surface area contributed by atoms with E-state index in [0.717, 1.165) is 46.9 Å². The van der Waals surface area contributed by atoms with E-state index in [1.807, 2.05) is 89.8 Å². The lowest BCUT2D eigenvalue weighted by atomic mass is 9.92. The van der Waals surface area contributed by atoms with Crippen LogP contribution in [-0.4, -0.2) is 44.1 Å². The van der Waals surface area contributed by atoms with Gasteiger partial charge in [-0.25, -0.2) is 9.78 Å². The molecule has 1 aliphatic heterocycles. The molecule has 2 N–H and O–H groups in total. The van der Waals surface area contributed by atoms with Gasteiger partial charge < -0.3 is 24.7 Å². The summed E-state index contributed by atoms with van der Waals surface area (Å²) in [6, 6.07) is 14.8. The zero-order valence-electron chi connectivity index (χ0n) is 26.3. The minimum atomic E-state index is -0.840. The van der Waals surface area contributed by atoms with E-state index in [0.29, 0.717) is 19.4 Å². The number of carbonyl (C=O) groups is 2. The molecule has 0 spiro atoms. The second-order valence-electron chi connectivity index (χ2n) is 13.2. The van der Waals surface area contributed by atoms with Crippen molar-refractivity contribution in [3.8, 4) is 5.75 Å². The number of aryl methyl sites for hydroxylation is 2. The van der Waals surface area contributed by atoms with Crippen LogP contribution < -0.4 is 10.1 Å². The van der Waals surface area contributed by atoms with Crippen molar-refractivity contribution < 1.29 is 19.1 Å². The molecule has 0 saturated carbocycles. The van der Waals surface area contributed by atoms with E-state index in [-0.39, 0.29) is 17.6 Å². The third kappa shape index (κ3) is 8.14. The lowest BCUT2D eigenvalue weighted by molar-refractivity contribution is -0.137. The number of rotatable bonds is 8. The van der Waals surface area contributed by atoms with Crippen molar-refractivity contribution in [2.75, 3.05) is 0 Å². The predicted molar refractivity (Wildman–Crippen MR) is 164 cm³/mol. The second kappa shape index (κ2) is 12.6. The Morgan fingerprint density at radius 2 is 1.69 bits per heavy atom. The molecule has 0 bridgehead atoms. The Morgan fingerprint density at radius 3 is 2.31 bits per heavy atom. The van der Waals surface area contributed by atoms with Crippen LogP contribution in [0.2, 0.25) is 0 Å². The highest BCUT2D eigenvalue weighted by Crippen LogP contribution is 2.33. The highest BCUT2D eigenvalue weighted by Gasteiger charge is 2.37. The van der Waals surface area contributed by atoms with E-state index >= 15 is 0 Å². The lowest BCUT2D eigenvalue weighted by Gasteiger charge is -2.38. The Morgan fingerprint density at radius 1 is 1.02 bits per heavy atom. The van der Waals surface area contributed by atoms with Gasteiger partial charge in [0.15, 0.2) is 0 Å². The van der Waals surface area contributed by atoms with Crippen molar-refractivity contribution in [2.45, 2.75) is 111 Å². The van der Waals surface area contributed by atoms with Crippen LogP contribution >= 0.6 is 0 Å². The number of hydrogen-bond acceptors (Lipinski definition) is 5. The molecule has 0 fully saturated rings. The van der Waals surface area contributed by atoms with Crippen LogP contribution in [0.15, 0.2) is 48.5 Å². The largest absolute Gasteiger partial charge is 0.488 e. The average molecular weight is 575 g/mol. The summed E-state index contributed by atoms with van der Waals surface area (Å²) in [6.07, 6.45) is 2.18. The number of H-pyrrole nitrogens is 1. The molecule has 0 saturated heterocycles. The van der Waals surface area contributed by atoms with Gasteiger partial charge in [-0.1, -0.05) is 49.7 Å². The number of imidazole rings is 1. The first-order chi connectivity index (χ1) is 19.7. The average Bonchev–Trinajstić information content (AvgIpc) is 3.26. The number of aromatic nitrogens is 2. The Kier molecular flexibility index (Phi) is 9.34. The Bertz CT molecular complexity index is 1380. The summed E-state index contributed by atoms with van der Waals surface area (Å²) in [7, 11) is 0. The molecule has 3 aromatic rings. The topological polar surface area (TPSA) is 96.6 Å². The lowest BCUT2D eigenvalue weighted by Crippen LogP contribution is -2.52. The highest BCUT2D eigenvalue weighted by molar-refractivity contribution is 5.86. The fourth-order valence-corrected chi connectivity index (χ4v) is 5.29. The van der Waals surface area contributed by atoms with Gasteiger partial charge in [0.1, 0.15) is 28.8 Å². The van der Waals surface area contributed by atoms with Crippen molar-refractivity contribution in [2.24, 2.45) is 0 Å². The summed E-state index contributed by atoms with van der Waals surface area (Å²) in [6.45, 7) is 16.0. The van der Waals surface area contributed by atoms with Crippen molar-refractivity contribution in [1.29, 1.82) is 0 Å². The van der Waals surface area contributed by atoms with E-state index in [1.54, 1.807) is 0 Å². The first-order valence-corrected chi connectivity index (χ1v) is 14.9. The van der Waals surface area contributed by atoms with E-state index < -0.39 is 17.7 Å². The molecule has 42 heavy (non-hydrogen) atoms. The number of benzene rings is 2. The van der Waals surface area contributed by atoms with Gasteiger partial charge in [0, 0.05) is 25.1 Å². The number of nitrogens with one attached hydrogen (secondary N) is 2. The maximum atomic E-state index is 14.5. The third-order valence-electron chi connectivity index (χ3n) is 7.11. The van der Waals surface area contributed by atoms with Crippen molar-refractivity contribution >= 4 is 12.0 Å². The first kappa shape index (κ1) is 31.1. The molecule has 1 aliphatic rings. The van der Waals surface area contributed by atoms with Crippen LogP contribution in [0, 0.1) is 6.92 Å². The summed E-state index contributed by atoms with van der Waals surface area (Å²) in [5.74, 6) is 1.35. The van der Waals surface area contributed by atoms with Gasteiger partial charge in [-0.15, -0.1) is 0 Å². The standard InChI is InChI=1S/C34H46N4O4/c1-9-12-27-22(2)35-30(36-27)29-20-24-13-10-11-14-25(24)21-38(29)31(39)28(37-32(40)42-34(6,7)8)19-23-15-17-26(18-16-23)41-33(3,4)5/h10-11,13-18,28-29H,9,12,19-21H2,1-8H3,(H,35,36)(H,37,40)/t28-,29-/m0/s1. The van der Waals surface area contributed by atoms with Crippen molar-refractivity contribution in [3.63, 3.8) is 0 Å². The number of ether oxygens (including phenoxy) is 2. The molecule has 2 heterocycles. The fourth-order valence-electron chi connectivity index (χ4n) is 5.29. The molecule has 1 aromatic heterocycles. The van der Waals surface area contributed by atoms with Crippen LogP contribution in [0.1, 0.15) is 94.8 Å². The highest BCUT2D eigenvalue weighted by atomic mass is 16.6. The predicted octanol–water partition coefficient (Wildman–Crippen LogP) is 6.61. The van der Waals surface area contributed by atoms with E-state index in [1.165, 1.54) is 5.56 Å². The number of hydrogen-bond donors (Lipinski definition) is 2. The minimum absolute atomic E-state index is 0.179. The number of aromatic amines is 1. The molecule has 2 atom stereocenters. The zero-order chi connectivity index (χ0) is 30.7. The van der Waals surface area contributed by atoms with Crippen LogP contribution in [0.25, 0.3) is 0 Å². The molecule has 0 unspecified atom stereocenters. The second-order valence-corrected chi connectivity index (χ2v) is 13.2. The molecule has 4 rings (SSSR count). The van der Waals surface area contributed by atoms with Gasteiger partial charge in [-0.2, -0.15) is 0 Å². The van der Waals surface area contributed by atoms with Crippen molar-refractivity contribution in [1.82, 2.24) is 20.2 Å². The number of alkyl carbamates (subject to hydrolysis) is 1. The minimum Gasteiger partial charge on any atom is -0.488 e. The van der Waals surface area contributed by atoms with Gasteiger partial charge in [0.2, 0.25) is 5.91 Å². The summed E-state index contributed by atoms with van der Waals surface area (Å²) in [4.78, 5) is 37.7. The summed E-state index contributed by atoms with van der Waals surface area (Å²) >= 11 is 0.